The summed E-state index contributed by atoms with van der Waals surface area (Å²) >= 11 is 5.89. The van der Waals surface area contributed by atoms with Crippen molar-refractivity contribution in [1.29, 1.82) is 0 Å². The number of esters is 1. The number of nitrogens with two attached hydrogens (primary N) is 1. The van der Waals surface area contributed by atoms with E-state index in [1.54, 1.807) is 0 Å². The molecular formula is C11H14ClN5O2. The van der Waals surface area contributed by atoms with E-state index >= 15 is 0 Å². The lowest BCUT2D eigenvalue weighted by Gasteiger charge is -2.05. The topological polar surface area (TPSA) is 95.9 Å². The van der Waals surface area contributed by atoms with Gasteiger partial charge in [-0.1, -0.05) is 24.9 Å². The van der Waals surface area contributed by atoms with Gasteiger partial charge >= 0.3 is 5.97 Å². The predicted octanol–water partition coefficient (Wildman–Crippen LogP) is 1.41. The molecule has 0 unspecified atom stereocenters. The molecule has 2 heterocycles. The van der Waals surface area contributed by atoms with Gasteiger partial charge in [0.15, 0.2) is 10.8 Å². The zero-order valence-electron chi connectivity index (χ0n) is 10.5. The van der Waals surface area contributed by atoms with E-state index < -0.39 is 0 Å². The van der Waals surface area contributed by atoms with Crippen LogP contribution in [-0.2, 0) is 16.1 Å². The molecule has 0 radical (unpaired) electrons. The van der Waals surface area contributed by atoms with Crippen molar-refractivity contribution >= 4 is 34.7 Å². The van der Waals surface area contributed by atoms with E-state index in [1.165, 1.54) is 10.9 Å². The number of carbonyl (C=O) groups excluding carboxylic acids is 1. The summed E-state index contributed by atoms with van der Waals surface area (Å²) in [7, 11) is 0. The first-order valence-electron chi connectivity index (χ1n) is 5.91. The monoisotopic (exact) mass is 283 g/mol. The minimum atomic E-state index is -0.346. The average molecular weight is 284 g/mol. The van der Waals surface area contributed by atoms with E-state index in [2.05, 4.69) is 15.0 Å². The van der Waals surface area contributed by atoms with Crippen LogP contribution in [0.2, 0.25) is 5.15 Å². The zero-order valence-corrected chi connectivity index (χ0v) is 11.2. The standard InChI is InChI=1S/C11H14ClN5O2/c1-2-3-4-19-7(18)5-17-6-14-8-9(12)15-11(13)16-10(8)17/h6H,2-5H2,1H3,(H2,13,15,16). The Morgan fingerprint density at radius 1 is 1.53 bits per heavy atom. The summed E-state index contributed by atoms with van der Waals surface area (Å²) in [4.78, 5) is 23.5. The minimum absolute atomic E-state index is 0.0208. The summed E-state index contributed by atoms with van der Waals surface area (Å²) in [6, 6.07) is 0. The molecule has 0 saturated heterocycles. The molecule has 0 bridgehead atoms. The lowest BCUT2D eigenvalue weighted by molar-refractivity contribution is -0.144. The van der Waals surface area contributed by atoms with E-state index in [1.807, 2.05) is 6.92 Å². The summed E-state index contributed by atoms with van der Waals surface area (Å²) in [5.74, 6) is -0.306. The molecule has 7 nitrogen and oxygen atoms in total. The fraction of sp³-hybridized carbons (Fsp3) is 0.455. The zero-order chi connectivity index (χ0) is 13.8. The van der Waals surface area contributed by atoms with Crippen LogP contribution in [0.25, 0.3) is 11.2 Å². The third-order valence-electron chi connectivity index (χ3n) is 2.50. The van der Waals surface area contributed by atoms with Crippen LogP contribution in [-0.4, -0.2) is 32.1 Å². The Labute approximate surface area is 114 Å². The summed E-state index contributed by atoms with van der Waals surface area (Å²) in [6.45, 7) is 2.46. The summed E-state index contributed by atoms with van der Waals surface area (Å²) in [5.41, 5.74) is 6.35. The van der Waals surface area contributed by atoms with Gasteiger partial charge in [-0.15, -0.1) is 0 Å². The molecule has 0 atom stereocenters. The van der Waals surface area contributed by atoms with Gasteiger partial charge in [0.1, 0.15) is 12.1 Å². The number of aromatic nitrogens is 4. The Morgan fingerprint density at radius 3 is 3.05 bits per heavy atom. The molecule has 0 aromatic carbocycles. The second-order valence-corrected chi connectivity index (χ2v) is 4.35. The molecule has 102 valence electrons. The van der Waals surface area contributed by atoms with Crippen LogP contribution < -0.4 is 5.73 Å². The first kappa shape index (κ1) is 13.5. The Bertz CT molecular complexity index is 598. The Morgan fingerprint density at radius 2 is 2.32 bits per heavy atom. The fourth-order valence-corrected chi connectivity index (χ4v) is 1.78. The van der Waals surface area contributed by atoms with Crippen LogP contribution in [0.5, 0.6) is 0 Å². The van der Waals surface area contributed by atoms with E-state index in [9.17, 15) is 4.79 Å². The Hall–Kier alpha value is -1.89. The molecule has 2 aromatic heterocycles. The van der Waals surface area contributed by atoms with Gasteiger partial charge < -0.3 is 15.0 Å². The number of nitrogens with zero attached hydrogens (tertiary/aromatic N) is 4. The molecule has 0 aliphatic carbocycles. The molecule has 2 N–H and O–H groups in total. The Balaban J connectivity index is 2.15. The lowest BCUT2D eigenvalue weighted by Crippen LogP contribution is -2.14. The highest BCUT2D eigenvalue weighted by atomic mass is 35.5. The van der Waals surface area contributed by atoms with Crippen LogP contribution in [0.15, 0.2) is 6.33 Å². The number of ether oxygens (including phenoxy) is 1. The van der Waals surface area contributed by atoms with Gasteiger partial charge in [0.2, 0.25) is 5.95 Å². The highest BCUT2D eigenvalue weighted by Crippen LogP contribution is 2.19. The maximum Gasteiger partial charge on any atom is 0.326 e. The molecular weight excluding hydrogens is 270 g/mol. The summed E-state index contributed by atoms with van der Waals surface area (Å²) < 4.78 is 6.61. The summed E-state index contributed by atoms with van der Waals surface area (Å²) in [6.07, 6.45) is 3.28. The first-order chi connectivity index (χ1) is 9.11. The second-order valence-electron chi connectivity index (χ2n) is 3.99. The van der Waals surface area contributed by atoms with Gasteiger partial charge in [0.05, 0.1) is 12.9 Å². The molecule has 0 aliphatic rings. The number of hydrogen-bond donors (Lipinski definition) is 1. The highest BCUT2D eigenvalue weighted by molar-refractivity contribution is 6.33. The lowest BCUT2D eigenvalue weighted by atomic mass is 10.4. The minimum Gasteiger partial charge on any atom is -0.464 e. The molecule has 2 aromatic rings. The maximum atomic E-state index is 11.6. The highest BCUT2D eigenvalue weighted by Gasteiger charge is 2.13. The Kier molecular flexibility index (Phi) is 4.16. The van der Waals surface area contributed by atoms with Crippen molar-refractivity contribution in [1.82, 2.24) is 19.5 Å². The largest absolute Gasteiger partial charge is 0.464 e. The fourth-order valence-electron chi connectivity index (χ4n) is 1.56. The van der Waals surface area contributed by atoms with Crippen molar-refractivity contribution in [3.05, 3.63) is 11.5 Å². The number of unbranched alkanes of at least 4 members (excludes halogenated alkanes) is 1. The maximum absolute atomic E-state index is 11.6. The van der Waals surface area contributed by atoms with Gasteiger partial charge in [0, 0.05) is 0 Å². The van der Waals surface area contributed by atoms with Gasteiger partial charge in [-0.3, -0.25) is 4.79 Å². The van der Waals surface area contributed by atoms with Crippen LogP contribution in [0, 0.1) is 0 Å². The van der Waals surface area contributed by atoms with E-state index in [0.717, 1.165) is 12.8 Å². The smallest absolute Gasteiger partial charge is 0.326 e. The number of anilines is 1. The number of halogens is 1. The number of carbonyl (C=O) groups is 1. The normalized spacial score (nSPS) is 10.8. The molecule has 0 aliphatic heterocycles. The van der Waals surface area contributed by atoms with E-state index in [-0.39, 0.29) is 23.6 Å². The van der Waals surface area contributed by atoms with Crippen molar-refractivity contribution in [2.24, 2.45) is 0 Å². The second kappa shape index (κ2) is 5.83. The van der Waals surface area contributed by atoms with Crippen LogP contribution in [0.1, 0.15) is 19.8 Å². The number of fused-ring (bicyclic) bond motifs is 1. The van der Waals surface area contributed by atoms with Crippen molar-refractivity contribution in [2.75, 3.05) is 12.3 Å². The third kappa shape index (κ3) is 3.11. The molecule has 0 amide bonds. The van der Waals surface area contributed by atoms with Gasteiger partial charge in [0.25, 0.3) is 0 Å². The molecule has 8 heteroatoms. The van der Waals surface area contributed by atoms with Crippen LogP contribution in [0.3, 0.4) is 0 Å². The van der Waals surface area contributed by atoms with E-state index in [4.69, 9.17) is 22.1 Å². The van der Waals surface area contributed by atoms with Gasteiger partial charge in [-0.05, 0) is 6.42 Å². The number of hydrogen-bond acceptors (Lipinski definition) is 6. The number of imidazole rings is 1. The molecule has 0 spiro atoms. The predicted molar refractivity (Wildman–Crippen MR) is 70.6 cm³/mol. The molecule has 0 saturated carbocycles. The number of rotatable bonds is 5. The van der Waals surface area contributed by atoms with Crippen molar-refractivity contribution in [3.63, 3.8) is 0 Å². The van der Waals surface area contributed by atoms with Crippen LogP contribution >= 0.6 is 11.6 Å². The van der Waals surface area contributed by atoms with Crippen LogP contribution in [0.4, 0.5) is 5.95 Å². The van der Waals surface area contributed by atoms with Crippen molar-refractivity contribution in [2.45, 2.75) is 26.3 Å². The average Bonchev–Trinajstić information content (AvgIpc) is 2.73. The quantitative estimate of drug-likeness (QED) is 0.506. The molecule has 2 rings (SSSR count). The third-order valence-corrected chi connectivity index (χ3v) is 2.76. The number of nitrogen functional groups attached to an aromatic ring is 1. The van der Waals surface area contributed by atoms with E-state index in [0.29, 0.717) is 17.8 Å². The van der Waals surface area contributed by atoms with Crippen molar-refractivity contribution in [3.8, 4) is 0 Å². The SMILES string of the molecule is CCCCOC(=O)Cn1cnc2c(Cl)nc(N)nc21. The summed E-state index contributed by atoms with van der Waals surface area (Å²) in [5, 5.41) is 0.167. The molecule has 0 fully saturated rings. The van der Waals surface area contributed by atoms with Gasteiger partial charge in [-0.25, -0.2) is 4.98 Å². The molecule has 19 heavy (non-hydrogen) atoms. The first-order valence-corrected chi connectivity index (χ1v) is 6.29. The van der Waals surface area contributed by atoms with Crippen molar-refractivity contribution < 1.29 is 9.53 Å². The van der Waals surface area contributed by atoms with Gasteiger partial charge in [-0.2, -0.15) is 9.97 Å².